The maximum absolute atomic E-state index is 11.2. The summed E-state index contributed by atoms with van der Waals surface area (Å²) in [7, 11) is 0. The SMILES string of the molecule is Cc1ccc(Nc2ncnc3onc(C)c23)cc1C(=O)O. The van der Waals surface area contributed by atoms with Crippen LogP contribution in [0, 0.1) is 13.8 Å². The van der Waals surface area contributed by atoms with Crippen LogP contribution >= 0.6 is 0 Å². The predicted molar refractivity (Wildman–Crippen MR) is 75.8 cm³/mol. The number of fused-ring (bicyclic) bond motifs is 1. The third-order valence-electron chi connectivity index (χ3n) is 3.17. The average Bonchev–Trinajstić information content (AvgIpc) is 2.83. The lowest BCUT2D eigenvalue weighted by atomic mass is 10.1. The van der Waals surface area contributed by atoms with Gasteiger partial charge >= 0.3 is 5.97 Å². The Labute approximate surface area is 119 Å². The molecule has 0 atom stereocenters. The Balaban J connectivity index is 2.05. The van der Waals surface area contributed by atoms with Crippen molar-refractivity contribution in [3.05, 3.63) is 41.3 Å². The molecule has 0 saturated carbocycles. The summed E-state index contributed by atoms with van der Waals surface area (Å²) in [6.07, 6.45) is 1.36. The molecule has 0 spiro atoms. The molecule has 0 aliphatic rings. The summed E-state index contributed by atoms with van der Waals surface area (Å²) in [5.41, 5.74) is 2.61. The van der Waals surface area contributed by atoms with Gasteiger partial charge in [-0.25, -0.2) is 9.78 Å². The standard InChI is InChI=1S/C14H12N4O3/c1-7-3-4-9(5-10(7)14(19)20)17-12-11-8(2)18-21-13(11)16-6-15-12/h3-6H,1-2H3,(H,19,20)(H,15,16,17). The Kier molecular flexibility index (Phi) is 3.02. The monoisotopic (exact) mass is 284 g/mol. The summed E-state index contributed by atoms with van der Waals surface area (Å²) in [5, 5.41) is 16.8. The van der Waals surface area contributed by atoms with Crippen LogP contribution in [0.5, 0.6) is 0 Å². The lowest BCUT2D eigenvalue weighted by Crippen LogP contribution is -2.02. The Morgan fingerprint density at radius 1 is 1.29 bits per heavy atom. The molecule has 3 aromatic rings. The van der Waals surface area contributed by atoms with Crippen molar-refractivity contribution >= 4 is 28.6 Å². The maximum Gasteiger partial charge on any atom is 0.336 e. The van der Waals surface area contributed by atoms with E-state index in [1.165, 1.54) is 6.33 Å². The van der Waals surface area contributed by atoms with Gasteiger partial charge in [-0.3, -0.25) is 0 Å². The molecule has 21 heavy (non-hydrogen) atoms. The molecule has 7 heteroatoms. The molecule has 0 unspecified atom stereocenters. The third-order valence-corrected chi connectivity index (χ3v) is 3.17. The molecule has 2 aromatic heterocycles. The van der Waals surface area contributed by atoms with Crippen LogP contribution in [0.15, 0.2) is 29.0 Å². The van der Waals surface area contributed by atoms with Crippen LogP contribution in [0.2, 0.25) is 0 Å². The smallest absolute Gasteiger partial charge is 0.336 e. The first kappa shape index (κ1) is 13.0. The van der Waals surface area contributed by atoms with Crippen molar-refractivity contribution < 1.29 is 14.4 Å². The quantitative estimate of drug-likeness (QED) is 0.762. The first-order valence-corrected chi connectivity index (χ1v) is 6.24. The minimum Gasteiger partial charge on any atom is -0.478 e. The van der Waals surface area contributed by atoms with Gasteiger partial charge in [0, 0.05) is 5.69 Å². The van der Waals surface area contributed by atoms with E-state index in [1.54, 1.807) is 32.0 Å². The Morgan fingerprint density at radius 3 is 2.86 bits per heavy atom. The van der Waals surface area contributed by atoms with Crippen LogP contribution in [-0.2, 0) is 0 Å². The normalized spacial score (nSPS) is 10.8. The number of carboxylic acid groups (broad SMARTS) is 1. The van der Waals surface area contributed by atoms with Gasteiger partial charge in [0.15, 0.2) is 0 Å². The molecule has 0 aliphatic carbocycles. The lowest BCUT2D eigenvalue weighted by Gasteiger charge is -2.08. The highest BCUT2D eigenvalue weighted by Crippen LogP contribution is 2.26. The summed E-state index contributed by atoms with van der Waals surface area (Å²) >= 11 is 0. The molecule has 0 aliphatic heterocycles. The molecule has 0 fully saturated rings. The third kappa shape index (κ3) is 2.29. The fourth-order valence-corrected chi connectivity index (χ4v) is 2.08. The number of rotatable bonds is 3. The molecule has 2 heterocycles. The number of hydrogen-bond acceptors (Lipinski definition) is 6. The molecule has 0 saturated heterocycles. The van der Waals surface area contributed by atoms with Crippen LogP contribution in [0.4, 0.5) is 11.5 Å². The molecule has 3 rings (SSSR count). The second-order valence-corrected chi connectivity index (χ2v) is 4.63. The molecule has 0 bridgehead atoms. The van der Waals surface area contributed by atoms with Crippen molar-refractivity contribution in [1.82, 2.24) is 15.1 Å². The van der Waals surface area contributed by atoms with Crippen LogP contribution < -0.4 is 5.32 Å². The summed E-state index contributed by atoms with van der Waals surface area (Å²) in [4.78, 5) is 19.3. The van der Waals surface area contributed by atoms with E-state index < -0.39 is 5.97 Å². The number of aromatic carboxylic acids is 1. The molecule has 7 nitrogen and oxygen atoms in total. The van der Waals surface area contributed by atoms with Gasteiger partial charge in [0.2, 0.25) is 0 Å². The highest BCUT2D eigenvalue weighted by atomic mass is 16.5. The lowest BCUT2D eigenvalue weighted by molar-refractivity contribution is 0.0696. The van der Waals surface area contributed by atoms with Crippen molar-refractivity contribution in [1.29, 1.82) is 0 Å². The summed E-state index contributed by atoms with van der Waals surface area (Å²) in [6, 6.07) is 5.09. The van der Waals surface area contributed by atoms with Gasteiger partial charge in [-0.15, -0.1) is 0 Å². The fourth-order valence-electron chi connectivity index (χ4n) is 2.08. The zero-order valence-corrected chi connectivity index (χ0v) is 11.4. The maximum atomic E-state index is 11.2. The van der Waals surface area contributed by atoms with Crippen LogP contribution in [0.25, 0.3) is 11.1 Å². The van der Waals surface area contributed by atoms with E-state index in [4.69, 9.17) is 9.63 Å². The van der Waals surface area contributed by atoms with Crippen LogP contribution in [0.1, 0.15) is 21.6 Å². The summed E-state index contributed by atoms with van der Waals surface area (Å²) in [5.74, 6) is -0.441. The molecule has 0 radical (unpaired) electrons. The summed E-state index contributed by atoms with van der Waals surface area (Å²) < 4.78 is 5.07. The van der Waals surface area contributed by atoms with Crippen molar-refractivity contribution in [2.24, 2.45) is 0 Å². The van der Waals surface area contributed by atoms with Gasteiger partial charge in [-0.05, 0) is 31.5 Å². The zero-order valence-electron chi connectivity index (χ0n) is 11.4. The van der Waals surface area contributed by atoms with Crippen molar-refractivity contribution in [3.63, 3.8) is 0 Å². The Morgan fingerprint density at radius 2 is 2.10 bits per heavy atom. The zero-order chi connectivity index (χ0) is 15.0. The van der Waals surface area contributed by atoms with Crippen molar-refractivity contribution in [2.45, 2.75) is 13.8 Å². The number of anilines is 2. The number of aryl methyl sites for hydroxylation is 2. The first-order valence-electron chi connectivity index (χ1n) is 6.24. The van der Waals surface area contributed by atoms with Crippen LogP contribution in [0.3, 0.4) is 0 Å². The van der Waals surface area contributed by atoms with Gasteiger partial charge < -0.3 is 14.9 Å². The largest absolute Gasteiger partial charge is 0.478 e. The highest BCUT2D eigenvalue weighted by molar-refractivity contribution is 5.92. The Bertz CT molecular complexity index is 841. The number of carboxylic acids is 1. The minimum absolute atomic E-state index is 0.243. The Hall–Kier alpha value is -2.96. The predicted octanol–water partition coefficient (Wildman–Crippen LogP) is 2.68. The fraction of sp³-hybridized carbons (Fsp3) is 0.143. The second kappa shape index (κ2) is 4.86. The van der Waals surface area contributed by atoms with Gasteiger partial charge in [0.25, 0.3) is 5.71 Å². The number of nitrogens with one attached hydrogen (secondary N) is 1. The number of aromatic nitrogens is 3. The molecular formula is C14H12N4O3. The van der Waals surface area contributed by atoms with Crippen molar-refractivity contribution in [2.75, 3.05) is 5.32 Å². The average molecular weight is 284 g/mol. The minimum atomic E-state index is -0.967. The van der Waals surface area contributed by atoms with Gasteiger partial charge in [-0.2, -0.15) is 4.98 Å². The number of benzene rings is 1. The molecule has 2 N–H and O–H groups in total. The van der Waals surface area contributed by atoms with E-state index in [1.807, 2.05) is 0 Å². The van der Waals surface area contributed by atoms with Gasteiger partial charge in [0.05, 0.1) is 11.3 Å². The van der Waals surface area contributed by atoms with Gasteiger partial charge in [-0.1, -0.05) is 11.2 Å². The molecule has 1 aromatic carbocycles. The number of nitrogens with zero attached hydrogens (tertiary/aromatic N) is 3. The first-order chi connectivity index (χ1) is 10.1. The van der Waals surface area contributed by atoms with Crippen LogP contribution in [-0.4, -0.2) is 26.2 Å². The molecule has 0 amide bonds. The highest BCUT2D eigenvalue weighted by Gasteiger charge is 2.13. The second-order valence-electron chi connectivity index (χ2n) is 4.63. The van der Waals surface area contributed by atoms with E-state index in [-0.39, 0.29) is 5.56 Å². The van der Waals surface area contributed by atoms with E-state index in [0.29, 0.717) is 33.9 Å². The summed E-state index contributed by atoms with van der Waals surface area (Å²) in [6.45, 7) is 3.54. The van der Waals surface area contributed by atoms with E-state index >= 15 is 0 Å². The molecule has 106 valence electrons. The van der Waals surface area contributed by atoms with E-state index in [0.717, 1.165) is 0 Å². The van der Waals surface area contributed by atoms with Crippen molar-refractivity contribution in [3.8, 4) is 0 Å². The van der Waals surface area contributed by atoms with E-state index in [9.17, 15) is 4.79 Å². The number of carbonyl (C=O) groups is 1. The number of hydrogen-bond donors (Lipinski definition) is 2. The molecular weight excluding hydrogens is 272 g/mol. The van der Waals surface area contributed by atoms with E-state index in [2.05, 4.69) is 20.4 Å². The topological polar surface area (TPSA) is 101 Å². The van der Waals surface area contributed by atoms with Gasteiger partial charge in [0.1, 0.15) is 17.5 Å².